The zero-order chi connectivity index (χ0) is 22.4. The van der Waals surface area contributed by atoms with E-state index in [2.05, 4.69) is 5.32 Å². The Morgan fingerprint density at radius 2 is 1.74 bits per heavy atom. The molecule has 6 nitrogen and oxygen atoms in total. The van der Waals surface area contributed by atoms with Crippen molar-refractivity contribution in [3.05, 3.63) is 89.4 Å². The lowest BCUT2D eigenvalue weighted by Crippen LogP contribution is -2.37. The van der Waals surface area contributed by atoms with Crippen LogP contribution in [0, 0.1) is 11.3 Å². The Morgan fingerprint density at radius 1 is 1.03 bits per heavy atom. The molecule has 0 unspecified atom stereocenters. The first kappa shape index (κ1) is 21.6. The number of benzene rings is 2. The van der Waals surface area contributed by atoms with Gasteiger partial charge in [-0.25, -0.2) is 0 Å². The van der Waals surface area contributed by atoms with Crippen molar-refractivity contribution in [3.63, 3.8) is 0 Å². The summed E-state index contributed by atoms with van der Waals surface area (Å²) in [6.45, 7) is -0.577. The predicted octanol–water partition coefficient (Wildman–Crippen LogP) is 4.45. The zero-order valence-electron chi connectivity index (χ0n) is 16.0. The topological polar surface area (TPSA) is 86.3 Å². The highest BCUT2D eigenvalue weighted by molar-refractivity contribution is 5.99. The number of nitrogens with one attached hydrogen (secondary N) is 1. The highest BCUT2D eigenvalue weighted by Crippen LogP contribution is 2.34. The molecular formula is C22H16F3N3O3. The number of alkyl halides is 3. The number of halogens is 3. The van der Waals surface area contributed by atoms with E-state index in [-0.39, 0.29) is 12.1 Å². The first-order valence-corrected chi connectivity index (χ1v) is 9.06. The summed E-state index contributed by atoms with van der Waals surface area (Å²) in [5.41, 5.74) is -0.812. The minimum Gasteiger partial charge on any atom is -0.467 e. The number of hydrogen-bond donors (Lipinski definition) is 1. The number of furan rings is 1. The normalized spacial score (nSPS) is 10.9. The van der Waals surface area contributed by atoms with Gasteiger partial charge in [0.1, 0.15) is 12.3 Å². The van der Waals surface area contributed by atoms with Crippen LogP contribution in [0.2, 0.25) is 0 Å². The van der Waals surface area contributed by atoms with E-state index in [0.29, 0.717) is 11.3 Å². The fourth-order valence-corrected chi connectivity index (χ4v) is 2.86. The fourth-order valence-electron chi connectivity index (χ4n) is 2.86. The number of hydrogen-bond acceptors (Lipinski definition) is 4. The quantitative estimate of drug-likeness (QED) is 0.630. The van der Waals surface area contributed by atoms with Crippen LogP contribution in [-0.4, -0.2) is 23.3 Å². The highest BCUT2D eigenvalue weighted by Gasteiger charge is 2.33. The van der Waals surface area contributed by atoms with E-state index in [4.69, 9.17) is 9.68 Å². The van der Waals surface area contributed by atoms with Crippen molar-refractivity contribution < 1.29 is 27.2 Å². The van der Waals surface area contributed by atoms with E-state index in [1.54, 1.807) is 12.1 Å². The fraction of sp³-hybridized carbons (Fsp3) is 0.136. The molecule has 0 aliphatic heterocycles. The number of anilines is 1. The maximum absolute atomic E-state index is 13.2. The minimum absolute atomic E-state index is 0.0693. The summed E-state index contributed by atoms with van der Waals surface area (Å²) in [5, 5.41) is 11.1. The first-order chi connectivity index (χ1) is 14.8. The van der Waals surface area contributed by atoms with Crippen molar-refractivity contribution >= 4 is 17.5 Å². The van der Waals surface area contributed by atoms with Gasteiger partial charge in [0.25, 0.3) is 5.91 Å². The van der Waals surface area contributed by atoms with Crippen molar-refractivity contribution in [2.75, 3.05) is 11.9 Å². The second kappa shape index (κ2) is 9.17. The monoisotopic (exact) mass is 427 g/mol. The van der Waals surface area contributed by atoms with Crippen LogP contribution in [0.25, 0.3) is 0 Å². The first-order valence-electron chi connectivity index (χ1n) is 9.06. The van der Waals surface area contributed by atoms with Crippen molar-refractivity contribution in [2.24, 2.45) is 0 Å². The molecule has 0 aliphatic carbocycles. The summed E-state index contributed by atoms with van der Waals surface area (Å²) in [6.07, 6.45) is -3.24. The molecule has 0 fully saturated rings. The van der Waals surface area contributed by atoms with Gasteiger partial charge in [-0.15, -0.1) is 0 Å². The van der Waals surface area contributed by atoms with Crippen molar-refractivity contribution in [1.82, 2.24) is 4.90 Å². The number of amides is 2. The SMILES string of the molecule is N#Cc1ccc(C(=O)N(CC(=O)Nc2ccccc2C(F)(F)F)Cc2ccco2)cc1. The van der Waals surface area contributed by atoms with Crippen LogP contribution in [0.15, 0.2) is 71.3 Å². The largest absolute Gasteiger partial charge is 0.467 e. The van der Waals surface area contributed by atoms with Gasteiger partial charge >= 0.3 is 6.18 Å². The molecule has 9 heteroatoms. The molecule has 0 saturated heterocycles. The summed E-state index contributed by atoms with van der Waals surface area (Å²) in [6, 6.07) is 15.5. The molecule has 0 bridgehead atoms. The molecule has 0 atom stereocenters. The number of rotatable bonds is 6. The maximum atomic E-state index is 13.2. The van der Waals surface area contributed by atoms with Crippen molar-refractivity contribution in [1.29, 1.82) is 5.26 Å². The molecule has 0 radical (unpaired) electrons. The Hall–Kier alpha value is -4.06. The van der Waals surface area contributed by atoms with Gasteiger partial charge in [-0.05, 0) is 48.5 Å². The van der Waals surface area contributed by atoms with E-state index in [1.807, 2.05) is 6.07 Å². The molecule has 0 aliphatic rings. The third-order valence-electron chi connectivity index (χ3n) is 4.32. The van der Waals surface area contributed by atoms with Crippen molar-refractivity contribution in [2.45, 2.75) is 12.7 Å². The van der Waals surface area contributed by atoms with E-state index < -0.39 is 35.8 Å². The molecule has 158 valence electrons. The second-order valence-electron chi connectivity index (χ2n) is 6.52. The number of carbonyl (C=O) groups is 2. The van der Waals surface area contributed by atoms with Gasteiger partial charge in [-0.1, -0.05) is 12.1 Å². The average Bonchev–Trinajstić information content (AvgIpc) is 3.25. The maximum Gasteiger partial charge on any atom is 0.418 e. The summed E-state index contributed by atoms with van der Waals surface area (Å²) < 4.78 is 44.8. The smallest absolute Gasteiger partial charge is 0.418 e. The van der Waals surface area contributed by atoms with Gasteiger partial charge in [0, 0.05) is 5.56 Å². The molecule has 1 aromatic heterocycles. The zero-order valence-corrected chi connectivity index (χ0v) is 16.0. The van der Waals surface area contributed by atoms with Crippen LogP contribution < -0.4 is 5.32 Å². The Kier molecular flexibility index (Phi) is 6.40. The van der Waals surface area contributed by atoms with Gasteiger partial charge in [-0.3, -0.25) is 9.59 Å². The molecule has 0 spiro atoms. The third-order valence-corrected chi connectivity index (χ3v) is 4.32. The molecule has 0 saturated carbocycles. The number of nitrogens with zero attached hydrogens (tertiary/aromatic N) is 2. The molecule has 1 heterocycles. The lowest BCUT2D eigenvalue weighted by molar-refractivity contribution is -0.137. The predicted molar refractivity (Wildman–Crippen MR) is 105 cm³/mol. The van der Waals surface area contributed by atoms with E-state index in [0.717, 1.165) is 17.0 Å². The van der Waals surface area contributed by atoms with Crippen LogP contribution in [0.1, 0.15) is 27.2 Å². The average molecular weight is 427 g/mol. The summed E-state index contributed by atoms with van der Waals surface area (Å²) in [4.78, 5) is 26.6. The Balaban J connectivity index is 1.81. The van der Waals surface area contributed by atoms with E-state index >= 15 is 0 Å². The second-order valence-corrected chi connectivity index (χ2v) is 6.52. The Labute approximate surface area is 175 Å². The molecule has 2 amide bonds. The van der Waals surface area contributed by atoms with Crippen LogP contribution in [0.4, 0.5) is 18.9 Å². The summed E-state index contributed by atoms with van der Waals surface area (Å²) >= 11 is 0. The van der Waals surface area contributed by atoms with Gasteiger partial charge in [-0.2, -0.15) is 18.4 Å². The van der Waals surface area contributed by atoms with Gasteiger partial charge in [0.15, 0.2) is 0 Å². The van der Waals surface area contributed by atoms with E-state index in [9.17, 15) is 22.8 Å². The van der Waals surface area contributed by atoms with Crippen LogP contribution in [0.5, 0.6) is 0 Å². The standard InChI is InChI=1S/C22H16F3N3O3/c23-22(24,25)18-5-1-2-6-19(18)27-20(29)14-28(13-17-4-3-11-31-17)21(30)16-9-7-15(12-26)8-10-16/h1-11H,13-14H2,(H,27,29). The molecule has 2 aromatic carbocycles. The lowest BCUT2D eigenvalue weighted by Gasteiger charge is -2.22. The van der Waals surface area contributed by atoms with Crippen LogP contribution >= 0.6 is 0 Å². The lowest BCUT2D eigenvalue weighted by atomic mass is 10.1. The summed E-state index contributed by atoms with van der Waals surface area (Å²) in [7, 11) is 0. The minimum atomic E-state index is -4.64. The Bertz CT molecular complexity index is 1100. The molecule has 3 aromatic rings. The third kappa shape index (κ3) is 5.51. The molecule has 31 heavy (non-hydrogen) atoms. The molecule has 1 N–H and O–H groups in total. The highest BCUT2D eigenvalue weighted by atomic mass is 19.4. The van der Waals surface area contributed by atoms with E-state index in [1.165, 1.54) is 42.7 Å². The van der Waals surface area contributed by atoms with Gasteiger partial charge in [0.2, 0.25) is 5.91 Å². The molecule has 3 rings (SSSR count). The Morgan fingerprint density at radius 3 is 2.35 bits per heavy atom. The number of carbonyl (C=O) groups excluding carboxylic acids is 2. The molecular weight excluding hydrogens is 411 g/mol. The van der Waals surface area contributed by atoms with Gasteiger partial charge in [0.05, 0.1) is 35.7 Å². The van der Waals surface area contributed by atoms with Gasteiger partial charge < -0.3 is 14.6 Å². The van der Waals surface area contributed by atoms with Crippen LogP contribution in [0.3, 0.4) is 0 Å². The summed E-state index contributed by atoms with van der Waals surface area (Å²) in [5.74, 6) is -0.948. The van der Waals surface area contributed by atoms with Crippen LogP contribution in [-0.2, 0) is 17.5 Å². The number of nitriles is 1. The van der Waals surface area contributed by atoms with Crippen molar-refractivity contribution in [3.8, 4) is 6.07 Å². The number of para-hydroxylation sites is 1.